The Labute approximate surface area is 79.2 Å². The van der Waals surface area contributed by atoms with Crippen LogP contribution in [0.25, 0.3) is 0 Å². The largest absolute Gasteiger partial charge is 0.397 e. The second-order valence-corrected chi connectivity index (χ2v) is 2.98. The summed E-state index contributed by atoms with van der Waals surface area (Å²) < 4.78 is 63.4. The average Bonchev–Trinajstić information content (AvgIpc) is 1.93. The molecule has 0 aliphatic carbocycles. The van der Waals surface area contributed by atoms with E-state index in [-0.39, 0.29) is 6.61 Å². The van der Waals surface area contributed by atoms with Gasteiger partial charge in [0.05, 0.1) is 6.61 Å². The first-order valence-electron chi connectivity index (χ1n) is 4.35. The van der Waals surface area contributed by atoms with Gasteiger partial charge in [0.2, 0.25) is 0 Å². The van der Waals surface area contributed by atoms with Gasteiger partial charge in [0, 0.05) is 0 Å². The van der Waals surface area contributed by atoms with Crippen LogP contribution >= 0.6 is 0 Å². The second-order valence-electron chi connectivity index (χ2n) is 2.98. The van der Waals surface area contributed by atoms with Gasteiger partial charge in [0.15, 0.2) is 0 Å². The Morgan fingerprint density at radius 2 is 1.57 bits per heavy atom. The molecule has 0 amide bonds. The fourth-order valence-corrected chi connectivity index (χ4v) is 0.858. The first-order valence-corrected chi connectivity index (χ1v) is 4.35. The van der Waals surface area contributed by atoms with Crippen molar-refractivity contribution < 1.29 is 26.7 Å². The van der Waals surface area contributed by atoms with Crippen LogP contribution in [0, 0.1) is 0 Å². The molecule has 1 nitrogen and oxygen atoms in total. The van der Waals surface area contributed by atoms with E-state index in [4.69, 9.17) is 0 Å². The summed E-state index contributed by atoms with van der Waals surface area (Å²) in [6, 6.07) is 0. The zero-order valence-electron chi connectivity index (χ0n) is 7.83. The molecule has 0 fully saturated rings. The van der Waals surface area contributed by atoms with Crippen molar-refractivity contribution in [3.05, 3.63) is 0 Å². The number of hydrogen-bond donors (Lipinski definition) is 0. The van der Waals surface area contributed by atoms with Crippen molar-refractivity contribution in [2.24, 2.45) is 0 Å². The van der Waals surface area contributed by atoms with Crippen LogP contribution < -0.4 is 0 Å². The molecule has 0 heterocycles. The molecule has 0 bridgehead atoms. The third kappa shape index (κ3) is 8.22. The summed E-state index contributed by atoms with van der Waals surface area (Å²) in [5.74, 6) is 0. The first-order chi connectivity index (χ1) is 6.27. The van der Waals surface area contributed by atoms with Crippen molar-refractivity contribution in [1.29, 1.82) is 0 Å². The number of unbranched alkanes of at least 4 members (excludes halogenated alkanes) is 2. The van der Waals surface area contributed by atoms with Crippen LogP contribution in [0.5, 0.6) is 0 Å². The van der Waals surface area contributed by atoms with Gasteiger partial charge in [-0.05, 0) is 6.42 Å². The van der Waals surface area contributed by atoms with E-state index in [0.29, 0.717) is 12.8 Å². The Hall–Kier alpha value is -0.390. The predicted molar refractivity (Wildman–Crippen MR) is 41.1 cm³/mol. The van der Waals surface area contributed by atoms with E-state index in [2.05, 4.69) is 4.74 Å². The SMILES string of the molecule is CCCCCOC(F)(F)CC(F)(F)F. The van der Waals surface area contributed by atoms with Crippen LogP contribution in [0.1, 0.15) is 32.6 Å². The van der Waals surface area contributed by atoms with Gasteiger partial charge in [0.25, 0.3) is 0 Å². The molecular formula is C8H13F5O. The topological polar surface area (TPSA) is 9.23 Å². The maximum atomic E-state index is 12.4. The fraction of sp³-hybridized carbons (Fsp3) is 1.00. The van der Waals surface area contributed by atoms with Crippen molar-refractivity contribution in [2.75, 3.05) is 6.61 Å². The van der Waals surface area contributed by atoms with E-state index in [0.717, 1.165) is 6.42 Å². The van der Waals surface area contributed by atoms with Crippen molar-refractivity contribution in [3.63, 3.8) is 0 Å². The fourth-order valence-electron chi connectivity index (χ4n) is 0.858. The van der Waals surface area contributed by atoms with Crippen molar-refractivity contribution in [2.45, 2.75) is 44.9 Å². The van der Waals surface area contributed by atoms with Crippen molar-refractivity contribution in [1.82, 2.24) is 0 Å². The van der Waals surface area contributed by atoms with E-state index in [1.807, 2.05) is 6.92 Å². The summed E-state index contributed by atoms with van der Waals surface area (Å²) in [5.41, 5.74) is 0. The quantitative estimate of drug-likeness (QED) is 0.489. The standard InChI is InChI=1S/C8H13F5O/c1-2-3-4-5-14-8(12,13)6-7(9,10)11/h2-6H2,1H3. The molecule has 0 aromatic carbocycles. The van der Waals surface area contributed by atoms with Crippen molar-refractivity contribution >= 4 is 0 Å². The van der Waals surface area contributed by atoms with Gasteiger partial charge < -0.3 is 4.74 Å². The van der Waals surface area contributed by atoms with E-state index in [1.54, 1.807) is 0 Å². The molecule has 86 valence electrons. The molecular weight excluding hydrogens is 207 g/mol. The van der Waals surface area contributed by atoms with Gasteiger partial charge in [-0.25, -0.2) is 0 Å². The zero-order chi connectivity index (χ0) is 11.2. The highest BCUT2D eigenvalue weighted by Crippen LogP contribution is 2.32. The van der Waals surface area contributed by atoms with Crippen LogP contribution in [0.4, 0.5) is 22.0 Å². The number of alkyl halides is 5. The highest BCUT2D eigenvalue weighted by Gasteiger charge is 2.44. The number of hydrogen-bond acceptors (Lipinski definition) is 1. The molecule has 0 aromatic heterocycles. The van der Waals surface area contributed by atoms with Gasteiger partial charge in [-0.15, -0.1) is 0 Å². The summed E-state index contributed by atoms with van der Waals surface area (Å²) >= 11 is 0. The molecule has 0 saturated heterocycles. The highest BCUT2D eigenvalue weighted by molar-refractivity contribution is 4.60. The maximum Gasteiger partial charge on any atom is 0.397 e. The molecule has 0 atom stereocenters. The van der Waals surface area contributed by atoms with E-state index < -0.39 is 18.7 Å². The smallest absolute Gasteiger partial charge is 0.320 e. The Morgan fingerprint density at radius 1 is 1.00 bits per heavy atom. The second kappa shape index (κ2) is 5.48. The normalized spacial score (nSPS) is 13.3. The van der Waals surface area contributed by atoms with E-state index in [1.165, 1.54) is 0 Å². The molecule has 0 spiro atoms. The number of ether oxygens (including phenoxy) is 1. The molecule has 0 saturated carbocycles. The van der Waals surface area contributed by atoms with E-state index in [9.17, 15) is 22.0 Å². The van der Waals surface area contributed by atoms with Gasteiger partial charge in [-0.1, -0.05) is 19.8 Å². The van der Waals surface area contributed by atoms with Crippen LogP contribution in [0.15, 0.2) is 0 Å². The number of rotatable bonds is 6. The third-order valence-electron chi connectivity index (χ3n) is 1.47. The van der Waals surface area contributed by atoms with Crippen molar-refractivity contribution in [3.8, 4) is 0 Å². The molecule has 0 rings (SSSR count). The molecule has 0 unspecified atom stereocenters. The van der Waals surface area contributed by atoms with E-state index >= 15 is 0 Å². The van der Waals surface area contributed by atoms with Gasteiger partial charge in [0.1, 0.15) is 6.42 Å². The summed E-state index contributed by atoms with van der Waals surface area (Å²) in [5, 5.41) is 0. The van der Waals surface area contributed by atoms with Gasteiger partial charge in [-0.2, -0.15) is 22.0 Å². The molecule has 0 aromatic rings. The van der Waals surface area contributed by atoms with Crippen LogP contribution in [-0.2, 0) is 4.74 Å². The Kier molecular flexibility index (Phi) is 5.33. The van der Waals surface area contributed by atoms with Crippen LogP contribution in [-0.4, -0.2) is 18.9 Å². The zero-order valence-corrected chi connectivity index (χ0v) is 7.83. The molecule has 0 aliphatic heterocycles. The maximum absolute atomic E-state index is 12.4. The Bertz CT molecular complexity index is 154. The minimum Gasteiger partial charge on any atom is -0.320 e. The lowest BCUT2D eigenvalue weighted by molar-refractivity contribution is -0.292. The van der Waals surface area contributed by atoms with Crippen LogP contribution in [0.2, 0.25) is 0 Å². The first kappa shape index (κ1) is 13.6. The predicted octanol–water partition coefficient (Wildman–Crippen LogP) is 3.74. The lowest BCUT2D eigenvalue weighted by atomic mass is 10.3. The summed E-state index contributed by atoms with van der Waals surface area (Å²) in [6.45, 7) is 1.52. The highest BCUT2D eigenvalue weighted by atomic mass is 19.4. The summed E-state index contributed by atoms with van der Waals surface area (Å²) in [4.78, 5) is 0. The average molecular weight is 220 g/mol. The summed E-state index contributed by atoms with van der Waals surface area (Å²) in [6.07, 6.45) is -9.38. The molecule has 0 aliphatic rings. The van der Waals surface area contributed by atoms with Crippen LogP contribution in [0.3, 0.4) is 0 Å². The Balaban J connectivity index is 3.72. The minimum absolute atomic E-state index is 0.336. The lowest BCUT2D eigenvalue weighted by Gasteiger charge is -2.18. The molecule has 0 N–H and O–H groups in total. The lowest BCUT2D eigenvalue weighted by Crippen LogP contribution is -2.29. The summed E-state index contributed by atoms with van der Waals surface area (Å²) in [7, 11) is 0. The minimum atomic E-state index is -4.89. The molecule has 0 radical (unpaired) electrons. The number of halogens is 5. The third-order valence-corrected chi connectivity index (χ3v) is 1.47. The molecule has 6 heteroatoms. The Morgan fingerprint density at radius 3 is 2.00 bits per heavy atom. The monoisotopic (exact) mass is 220 g/mol. The molecule has 14 heavy (non-hydrogen) atoms. The van der Waals surface area contributed by atoms with Gasteiger partial charge >= 0.3 is 12.3 Å². The van der Waals surface area contributed by atoms with Gasteiger partial charge in [-0.3, -0.25) is 0 Å².